The van der Waals surface area contributed by atoms with Gasteiger partial charge in [-0.1, -0.05) is 46.3 Å². The molecule has 2 rings (SSSR count). The van der Waals surface area contributed by atoms with E-state index in [-0.39, 0.29) is 0 Å². The summed E-state index contributed by atoms with van der Waals surface area (Å²) in [5.74, 6) is 0.537. The van der Waals surface area contributed by atoms with Gasteiger partial charge in [-0.25, -0.2) is 0 Å². The van der Waals surface area contributed by atoms with Crippen molar-refractivity contribution in [3.05, 3.63) is 56.7 Å². The highest BCUT2D eigenvalue weighted by molar-refractivity contribution is 9.10. The largest absolute Gasteiger partial charge is 0.301 e. The summed E-state index contributed by atoms with van der Waals surface area (Å²) < 4.78 is 1.18. The molecule has 2 aromatic rings. The lowest BCUT2D eigenvalue weighted by Gasteiger charge is -2.22. The van der Waals surface area contributed by atoms with E-state index in [0.717, 1.165) is 18.4 Å². The number of nitrogens with zero attached hydrogens (tertiary/aromatic N) is 1. The zero-order valence-electron chi connectivity index (χ0n) is 10.9. The minimum absolute atomic E-state index is 0.537. The molecule has 1 unspecified atom stereocenters. The quantitative estimate of drug-likeness (QED) is 0.606. The second kappa shape index (κ2) is 7.58. The first-order valence-electron chi connectivity index (χ1n) is 6.21. The summed E-state index contributed by atoms with van der Waals surface area (Å²) in [5.41, 5.74) is 1.40. The Kier molecular flexibility index (Phi) is 6.07. The lowest BCUT2D eigenvalue weighted by Crippen LogP contribution is -2.24. The van der Waals surface area contributed by atoms with E-state index in [2.05, 4.69) is 85.6 Å². The lowest BCUT2D eigenvalue weighted by atomic mass is 10.0. The normalized spacial score (nSPS) is 12.8. The van der Waals surface area contributed by atoms with Crippen molar-refractivity contribution in [3.8, 4) is 0 Å². The van der Waals surface area contributed by atoms with Gasteiger partial charge in [0.1, 0.15) is 0 Å². The number of rotatable bonds is 6. The Bertz CT molecular complexity index is 498. The average Bonchev–Trinajstić information content (AvgIpc) is 2.82. The summed E-state index contributed by atoms with van der Waals surface area (Å²) in [6.07, 6.45) is 0. The van der Waals surface area contributed by atoms with E-state index in [4.69, 9.17) is 0 Å². The summed E-state index contributed by atoms with van der Waals surface area (Å²) in [6.45, 7) is 2.07. The van der Waals surface area contributed by atoms with E-state index >= 15 is 0 Å². The van der Waals surface area contributed by atoms with Crippen LogP contribution in [-0.4, -0.2) is 23.8 Å². The van der Waals surface area contributed by atoms with Crippen molar-refractivity contribution in [1.29, 1.82) is 0 Å². The van der Waals surface area contributed by atoms with E-state index in [9.17, 15) is 0 Å². The Morgan fingerprint density at radius 3 is 2.58 bits per heavy atom. The molecule has 0 aliphatic rings. The predicted octanol–water partition coefficient (Wildman–Crippen LogP) is 5.12. The fourth-order valence-electron chi connectivity index (χ4n) is 2.11. The molecule has 0 spiro atoms. The molecule has 0 radical (unpaired) electrons. The first-order chi connectivity index (χ1) is 9.19. The molecule has 0 saturated heterocycles. The van der Waals surface area contributed by atoms with Gasteiger partial charge in [-0.3, -0.25) is 0 Å². The van der Waals surface area contributed by atoms with Gasteiger partial charge in [0.25, 0.3) is 0 Å². The number of thiophene rings is 1. The van der Waals surface area contributed by atoms with E-state index in [1.54, 1.807) is 0 Å². The Morgan fingerprint density at radius 1 is 1.26 bits per heavy atom. The SMILES string of the molecule is CN(Cc1cc(Br)cs1)CC(CBr)c1ccccc1. The van der Waals surface area contributed by atoms with Crippen molar-refractivity contribution in [2.45, 2.75) is 12.5 Å². The second-order valence-corrected chi connectivity index (χ2v) is 7.25. The first-order valence-corrected chi connectivity index (χ1v) is 9.01. The highest BCUT2D eigenvalue weighted by Crippen LogP contribution is 2.23. The van der Waals surface area contributed by atoms with Gasteiger partial charge in [0.05, 0.1) is 0 Å². The average molecular weight is 403 g/mol. The van der Waals surface area contributed by atoms with Crippen LogP contribution in [-0.2, 0) is 6.54 Å². The topological polar surface area (TPSA) is 3.24 Å². The first kappa shape index (κ1) is 15.2. The summed E-state index contributed by atoms with van der Waals surface area (Å²) in [6, 6.07) is 12.9. The van der Waals surface area contributed by atoms with Crippen molar-refractivity contribution in [1.82, 2.24) is 4.90 Å². The van der Waals surface area contributed by atoms with Crippen LogP contribution in [0.4, 0.5) is 0 Å². The van der Waals surface area contributed by atoms with Crippen LogP contribution in [0.1, 0.15) is 16.4 Å². The fraction of sp³-hybridized carbons (Fsp3) is 0.333. The standard InChI is InChI=1S/C15H17Br2NS/c1-18(10-15-7-14(17)11-19-15)9-13(8-16)12-5-3-2-4-6-12/h2-7,11,13H,8-10H2,1H3. The van der Waals surface area contributed by atoms with Crippen LogP contribution in [0.2, 0.25) is 0 Å². The minimum atomic E-state index is 0.537. The molecule has 1 heterocycles. The van der Waals surface area contributed by atoms with Gasteiger partial charge in [-0.05, 0) is 34.6 Å². The molecule has 1 aromatic carbocycles. The van der Waals surface area contributed by atoms with Gasteiger partial charge >= 0.3 is 0 Å². The smallest absolute Gasteiger partial charge is 0.0325 e. The number of likely N-dealkylation sites (N-methyl/N-ethyl adjacent to an activating group) is 1. The maximum absolute atomic E-state index is 3.64. The molecule has 0 N–H and O–H groups in total. The number of hydrogen-bond acceptors (Lipinski definition) is 2. The van der Waals surface area contributed by atoms with Gasteiger partial charge in [-0.15, -0.1) is 11.3 Å². The number of alkyl halides is 1. The molecule has 102 valence electrons. The van der Waals surface area contributed by atoms with Crippen LogP contribution in [0.5, 0.6) is 0 Å². The van der Waals surface area contributed by atoms with Gasteiger partial charge in [0.2, 0.25) is 0 Å². The summed E-state index contributed by atoms with van der Waals surface area (Å²) in [5, 5.41) is 3.14. The minimum Gasteiger partial charge on any atom is -0.301 e. The molecule has 0 aliphatic heterocycles. The van der Waals surface area contributed by atoms with Crippen LogP contribution < -0.4 is 0 Å². The van der Waals surface area contributed by atoms with Crippen molar-refractivity contribution in [2.75, 3.05) is 18.9 Å². The number of benzene rings is 1. The molecule has 1 atom stereocenters. The molecule has 4 heteroatoms. The molecule has 1 nitrogen and oxygen atoms in total. The maximum Gasteiger partial charge on any atom is 0.0325 e. The van der Waals surface area contributed by atoms with Crippen LogP contribution in [0.15, 0.2) is 46.3 Å². The Balaban J connectivity index is 1.95. The number of hydrogen-bond donors (Lipinski definition) is 0. The van der Waals surface area contributed by atoms with Crippen LogP contribution >= 0.6 is 43.2 Å². The van der Waals surface area contributed by atoms with E-state index in [1.165, 1.54) is 14.9 Å². The van der Waals surface area contributed by atoms with Crippen molar-refractivity contribution in [2.24, 2.45) is 0 Å². The fourth-order valence-corrected chi connectivity index (χ4v) is 4.22. The molecule has 19 heavy (non-hydrogen) atoms. The van der Waals surface area contributed by atoms with E-state index < -0.39 is 0 Å². The maximum atomic E-state index is 3.64. The van der Waals surface area contributed by atoms with Gasteiger partial charge in [-0.2, -0.15) is 0 Å². The van der Waals surface area contributed by atoms with Crippen LogP contribution in [0.25, 0.3) is 0 Å². The monoisotopic (exact) mass is 401 g/mol. The van der Waals surface area contributed by atoms with Crippen LogP contribution in [0.3, 0.4) is 0 Å². The highest BCUT2D eigenvalue weighted by Gasteiger charge is 2.13. The van der Waals surface area contributed by atoms with E-state index in [1.807, 2.05) is 11.3 Å². The summed E-state index contributed by atoms with van der Waals surface area (Å²) in [4.78, 5) is 3.78. The van der Waals surface area contributed by atoms with E-state index in [0.29, 0.717) is 5.92 Å². The molecular weight excluding hydrogens is 386 g/mol. The van der Waals surface area contributed by atoms with Crippen molar-refractivity contribution >= 4 is 43.2 Å². The molecular formula is C15H17Br2NS. The molecule has 0 saturated carbocycles. The molecule has 0 bridgehead atoms. The predicted molar refractivity (Wildman–Crippen MR) is 91.3 cm³/mol. The Morgan fingerprint density at radius 2 is 2.00 bits per heavy atom. The number of halogens is 2. The van der Waals surface area contributed by atoms with Crippen LogP contribution in [0, 0.1) is 0 Å². The van der Waals surface area contributed by atoms with Crippen molar-refractivity contribution in [3.63, 3.8) is 0 Å². The molecule has 0 aliphatic carbocycles. The summed E-state index contributed by atoms with van der Waals surface area (Å²) in [7, 11) is 2.19. The van der Waals surface area contributed by atoms with Gasteiger partial charge < -0.3 is 4.90 Å². The lowest BCUT2D eigenvalue weighted by molar-refractivity contribution is 0.314. The second-order valence-electron chi connectivity index (χ2n) is 4.69. The van der Waals surface area contributed by atoms with Gasteiger partial charge in [0, 0.05) is 39.1 Å². The van der Waals surface area contributed by atoms with Gasteiger partial charge in [0.15, 0.2) is 0 Å². The third kappa shape index (κ3) is 4.71. The zero-order chi connectivity index (χ0) is 13.7. The molecule has 0 fully saturated rings. The third-order valence-electron chi connectivity index (χ3n) is 3.04. The third-order valence-corrected chi connectivity index (χ3v) is 5.50. The summed E-state index contributed by atoms with van der Waals surface area (Å²) >= 11 is 8.95. The van der Waals surface area contributed by atoms with Crippen molar-refractivity contribution < 1.29 is 0 Å². The zero-order valence-corrected chi connectivity index (χ0v) is 14.8. The Hall–Kier alpha value is -0.160. The molecule has 1 aromatic heterocycles. The molecule has 0 amide bonds. The Labute approximate surface area is 135 Å². The highest BCUT2D eigenvalue weighted by atomic mass is 79.9.